The Labute approximate surface area is 185 Å². The van der Waals surface area contributed by atoms with Gasteiger partial charge < -0.3 is 10.2 Å². The molecule has 4 aliphatic rings. The number of fused-ring (bicyclic) bond motifs is 1. The first-order chi connectivity index (χ1) is 15.1. The third-order valence-electron chi connectivity index (χ3n) is 7.81. The van der Waals surface area contributed by atoms with Gasteiger partial charge in [-0.25, -0.2) is 0 Å². The van der Waals surface area contributed by atoms with Gasteiger partial charge in [0.15, 0.2) is 0 Å². The number of amides is 2. The Morgan fingerprint density at radius 3 is 2.55 bits per heavy atom. The number of benzene rings is 1. The summed E-state index contributed by atoms with van der Waals surface area (Å²) in [5, 5.41) is 3.07. The summed E-state index contributed by atoms with van der Waals surface area (Å²) >= 11 is 0. The molecule has 3 heterocycles. The van der Waals surface area contributed by atoms with Crippen LogP contribution in [0.25, 0.3) is 0 Å². The molecular formula is C24H35N5O2. The zero-order valence-corrected chi connectivity index (χ0v) is 18.7. The second-order valence-corrected chi connectivity index (χ2v) is 9.81. The lowest BCUT2D eigenvalue weighted by molar-refractivity contribution is -0.128. The molecule has 0 radical (unpaired) electrons. The Morgan fingerprint density at radius 2 is 1.81 bits per heavy atom. The van der Waals surface area contributed by atoms with E-state index in [4.69, 9.17) is 0 Å². The van der Waals surface area contributed by atoms with Crippen molar-refractivity contribution in [2.24, 2.45) is 0 Å². The molecular weight excluding hydrogens is 390 g/mol. The van der Waals surface area contributed by atoms with Crippen molar-refractivity contribution >= 4 is 23.2 Å². The number of piperazine rings is 1. The highest BCUT2D eigenvalue weighted by Gasteiger charge is 2.52. The largest absolute Gasteiger partial charge is 0.322 e. The molecule has 1 unspecified atom stereocenters. The van der Waals surface area contributed by atoms with E-state index >= 15 is 0 Å². The first-order valence-corrected chi connectivity index (χ1v) is 12.0. The van der Waals surface area contributed by atoms with Crippen molar-refractivity contribution in [2.75, 3.05) is 63.1 Å². The number of para-hydroxylation sites is 2. The Hall–Kier alpha value is -1.96. The zero-order chi connectivity index (χ0) is 21.4. The van der Waals surface area contributed by atoms with E-state index in [0.717, 1.165) is 69.8 Å². The van der Waals surface area contributed by atoms with Gasteiger partial charge >= 0.3 is 0 Å². The van der Waals surface area contributed by atoms with Crippen LogP contribution in [0.4, 0.5) is 11.4 Å². The zero-order valence-electron chi connectivity index (χ0n) is 18.7. The fraction of sp³-hybridized carbons (Fsp3) is 0.667. The molecule has 0 bridgehead atoms. The highest BCUT2D eigenvalue weighted by atomic mass is 16.2. The van der Waals surface area contributed by atoms with Crippen molar-refractivity contribution in [3.63, 3.8) is 0 Å². The van der Waals surface area contributed by atoms with Gasteiger partial charge in [0.05, 0.1) is 17.9 Å². The van der Waals surface area contributed by atoms with Gasteiger partial charge in [-0.1, -0.05) is 25.0 Å². The Morgan fingerprint density at radius 1 is 1.06 bits per heavy atom. The summed E-state index contributed by atoms with van der Waals surface area (Å²) in [5.41, 5.74) is 0.905. The molecule has 2 amide bonds. The first kappa shape index (κ1) is 20.9. The normalized spacial score (nSPS) is 27.3. The van der Waals surface area contributed by atoms with Crippen molar-refractivity contribution in [1.82, 2.24) is 14.7 Å². The molecule has 1 saturated carbocycles. The molecule has 1 aliphatic carbocycles. The van der Waals surface area contributed by atoms with Crippen LogP contribution in [-0.4, -0.2) is 91.0 Å². The number of rotatable bonds is 3. The van der Waals surface area contributed by atoms with Crippen molar-refractivity contribution in [3.05, 3.63) is 24.3 Å². The molecule has 168 valence electrons. The lowest BCUT2D eigenvalue weighted by atomic mass is 9.89. The van der Waals surface area contributed by atoms with Crippen LogP contribution < -0.4 is 10.2 Å². The monoisotopic (exact) mass is 425 g/mol. The molecule has 3 fully saturated rings. The van der Waals surface area contributed by atoms with Crippen molar-refractivity contribution in [1.29, 1.82) is 0 Å². The molecule has 1 aromatic carbocycles. The number of piperidine rings is 1. The molecule has 0 aromatic heterocycles. The average molecular weight is 426 g/mol. The van der Waals surface area contributed by atoms with Crippen LogP contribution in [0.15, 0.2) is 24.3 Å². The number of anilines is 2. The summed E-state index contributed by atoms with van der Waals surface area (Å²) in [6.07, 6.45) is 6.05. The number of carbonyl (C=O) groups is 2. The van der Waals surface area contributed by atoms with E-state index in [-0.39, 0.29) is 11.8 Å². The predicted molar refractivity (Wildman–Crippen MR) is 122 cm³/mol. The Bertz CT molecular complexity index is 829. The van der Waals surface area contributed by atoms with Crippen LogP contribution in [0, 0.1) is 0 Å². The third kappa shape index (κ3) is 3.88. The highest BCUT2D eigenvalue weighted by Crippen LogP contribution is 2.45. The van der Waals surface area contributed by atoms with Crippen molar-refractivity contribution in [3.8, 4) is 0 Å². The van der Waals surface area contributed by atoms with Gasteiger partial charge in [-0.2, -0.15) is 0 Å². The Balaban J connectivity index is 1.28. The van der Waals surface area contributed by atoms with Crippen LogP contribution in [0.1, 0.15) is 38.5 Å². The Kier molecular flexibility index (Phi) is 5.75. The molecule has 7 heteroatoms. The molecule has 1 atom stereocenters. The predicted octanol–water partition coefficient (Wildman–Crippen LogP) is 2.00. The van der Waals surface area contributed by atoms with E-state index in [1.165, 1.54) is 19.4 Å². The van der Waals surface area contributed by atoms with Crippen LogP contribution >= 0.6 is 0 Å². The summed E-state index contributed by atoms with van der Waals surface area (Å²) in [5.74, 6) is 0.0540. The van der Waals surface area contributed by atoms with E-state index in [1.807, 2.05) is 29.2 Å². The van der Waals surface area contributed by atoms with E-state index < -0.39 is 5.54 Å². The lowest BCUT2D eigenvalue weighted by Crippen LogP contribution is -2.63. The molecule has 5 rings (SSSR count). The van der Waals surface area contributed by atoms with E-state index in [0.29, 0.717) is 12.6 Å². The average Bonchev–Trinajstić information content (AvgIpc) is 3.25. The van der Waals surface area contributed by atoms with Gasteiger partial charge in [-0.05, 0) is 51.4 Å². The van der Waals surface area contributed by atoms with Crippen LogP contribution in [-0.2, 0) is 9.59 Å². The fourth-order valence-corrected chi connectivity index (χ4v) is 6.11. The smallest absolute Gasteiger partial charge is 0.250 e. The maximum absolute atomic E-state index is 13.6. The summed E-state index contributed by atoms with van der Waals surface area (Å²) in [7, 11) is 2.21. The minimum Gasteiger partial charge on any atom is -0.322 e. The number of likely N-dealkylation sites (tertiary alicyclic amines) is 1. The van der Waals surface area contributed by atoms with E-state index in [2.05, 4.69) is 27.1 Å². The minimum atomic E-state index is -0.708. The molecule has 3 aliphatic heterocycles. The summed E-state index contributed by atoms with van der Waals surface area (Å²) < 4.78 is 0. The SMILES string of the molecule is CN1CCCC(N2CCN(CC(=O)N3c4ccccc4NC(=O)C34CCCC4)CC2)C1. The molecule has 1 N–H and O–H groups in total. The van der Waals surface area contributed by atoms with Crippen LogP contribution in [0.2, 0.25) is 0 Å². The summed E-state index contributed by atoms with van der Waals surface area (Å²) in [6.45, 7) is 6.63. The third-order valence-corrected chi connectivity index (χ3v) is 7.81. The summed E-state index contributed by atoms with van der Waals surface area (Å²) in [6, 6.07) is 8.39. The second-order valence-electron chi connectivity index (χ2n) is 9.81. The number of carbonyl (C=O) groups excluding carboxylic acids is 2. The standard InChI is InChI=1S/C24H35N5O2/c1-26-12-6-7-19(17-26)28-15-13-27(14-16-28)18-22(30)29-21-9-3-2-8-20(21)25-23(31)24(29)10-4-5-11-24/h2-3,8-9,19H,4-7,10-18H2,1H3,(H,25,31). The topological polar surface area (TPSA) is 59.1 Å². The van der Waals surface area contributed by atoms with Crippen molar-refractivity contribution < 1.29 is 9.59 Å². The molecule has 1 aromatic rings. The van der Waals surface area contributed by atoms with E-state index in [1.54, 1.807) is 0 Å². The number of likely N-dealkylation sites (N-methyl/N-ethyl adjacent to an activating group) is 1. The molecule has 1 spiro atoms. The molecule has 2 saturated heterocycles. The number of nitrogens with zero attached hydrogens (tertiary/aromatic N) is 4. The van der Waals surface area contributed by atoms with Crippen LogP contribution in [0.5, 0.6) is 0 Å². The van der Waals surface area contributed by atoms with Gasteiger partial charge in [0.1, 0.15) is 5.54 Å². The maximum Gasteiger partial charge on any atom is 0.250 e. The fourth-order valence-electron chi connectivity index (χ4n) is 6.11. The quantitative estimate of drug-likeness (QED) is 0.803. The maximum atomic E-state index is 13.6. The first-order valence-electron chi connectivity index (χ1n) is 12.0. The van der Waals surface area contributed by atoms with Gasteiger partial charge in [0.25, 0.3) is 5.91 Å². The van der Waals surface area contributed by atoms with Gasteiger partial charge in [0.2, 0.25) is 5.91 Å². The van der Waals surface area contributed by atoms with Crippen molar-refractivity contribution in [2.45, 2.75) is 50.1 Å². The number of hydrogen-bond donors (Lipinski definition) is 1. The number of hydrogen-bond acceptors (Lipinski definition) is 5. The molecule has 31 heavy (non-hydrogen) atoms. The van der Waals surface area contributed by atoms with E-state index in [9.17, 15) is 9.59 Å². The second kappa shape index (κ2) is 8.52. The van der Waals surface area contributed by atoms with Gasteiger partial charge in [0, 0.05) is 38.8 Å². The summed E-state index contributed by atoms with van der Waals surface area (Å²) in [4.78, 5) is 35.9. The number of nitrogens with one attached hydrogen (secondary N) is 1. The van der Waals surface area contributed by atoms with Gasteiger partial charge in [-0.3, -0.25) is 24.3 Å². The van der Waals surface area contributed by atoms with Crippen LogP contribution in [0.3, 0.4) is 0 Å². The molecule has 7 nitrogen and oxygen atoms in total. The van der Waals surface area contributed by atoms with Gasteiger partial charge in [-0.15, -0.1) is 0 Å². The lowest BCUT2D eigenvalue weighted by Gasteiger charge is -2.46. The highest BCUT2D eigenvalue weighted by molar-refractivity contribution is 6.15. The minimum absolute atomic E-state index is 0.0108.